The summed E-state index contributed by atoms with van der Waals surface area (Å²) < 4.78 is 12.0. The molecule has 1 aliphatic heterocycles. The lowest BCUT2D eigenvalue weighted by Crippen LogP contribution is -2.43. The lowest BCUT2D eigenvalue weighted by atomic mass is 10.0. The maximum Gasteiger partial charge on any atom is 0.261 e. The third-order valence-electron chi connectivity index (χ3n) is 9.57. The number of aromatic amines is 2. The van der Waals surface area contributed by atoms with Crippen LogP contribution in [-0.2, 0) is 26.1 Å². The number of nitrogens with two attached hydrogens (primary N) is 1. The van der Waals surface area contributed by atoms with Gasteiger partial charge in [-0.1, -0.05) is 97.1 Å². The SMILES string of the molecule is N[C@H](CO)Cc1c[nH]c2c(OCc3ccccc3)cccc12.O=C1c2ccccc2C(=O)N1[C@H](CO)Cc1c[nH]c2c(OCc3ccccc3)cccc12. The quantitative estimate of drug-likeness (QED) is 0.0846. The van der Waals surface area contributed by atoms with E-state index in [0.29, 0.717) is 37.2 Å². The van der Waals surface area contributed by atoms with E-state index < -0.39 is 6.04 Å². The van der Waals surface area contributed by atoms with Gasteiger partial charge in [0.25, 0.3) is 11.8 Å². The molecule has 0 saturated carbocycles. The Hall–Kier alpha value is -6.20. The summed E-state index contributed by atoms with van der Waals surface area (Å²) in [5.74, 6) is 0.816. The number of fused-ring (bicyclic) bond motifs is 3. The van der Waals surface area contributed by atoms with Crippen molar-refractivity contribution in [3.05, 3.63) is 167 Å². The Kier molecular flexibility index (Phi) is 11.1. The van der Waals surface area contributed by atoms with Gasteiger partial charge in [0.15, 0.2) is 0 Å². The summed E-state index contributed by atoms with van der Waals surface area (Å²) in [5.41, 5.74) is 12.6. The Morgan fingerprint density at radius 2 is 1.04 bits per heavy atom. The summed E-state index contributed by atoms with van der Waals surface area (Å²) in [7, 11) is 0. The van der Waals surface area contributed by atoms with Crippen molar-refractivity contribution in [2.24, 2.45) is 5.73 Å². The van der Waals surface area contributed by atoms with Gasteiger partial charge in [-0.05, 0) is 59.4 Å². The summed E-state index contributed by atoms with van der Waals surface area (Å²) >= 11 is 0. The van der Waals surface area contributed by atoms with Gasteiger partial charge in [0.1, 0.15) is 24.7 Å². The van der Waals surface area contributed by atoms with E-state index in [2.05, 4.69) is 9.97 Å². The first-order chi connectivity index (χ1) is 26.4. The third kappa shape index (κ3) is 7.77. The summed E-state index contributed by atoms with van der Waals surface area (Å²) in [4.78, 5) is 33.4. The zero-order chi connectivity index (χ0) is 37.4. The van der Waals surface area contributed by atoms with E-state index in [1.54, 1.807) is 24.3 Å². The van der Waals surface area contributed by atoms with Crippen molar-refractivity contribution in [1.82, 2.24) is 14.9 Å². The van der Waals surface area contributed by atoms with Crippen LogP contribution in [0.1, 0.15) is 43.0 Å². The molecule has 7 aromatic rings. The maximum atomic E-state index is 12.8. The first kappa shape index (κ1) is 36.2. The highest BCUT2D eigenvalue weighted by Gasteiger charge is 2.39. The van der Waals surface area contributed by atoms with E-state index in [-0.39, 0.29) is 31.1 Å². The maximum absolute atomic E-state index is 12.8. The number of aliphatic hydroxyl groups excluding tert-OH is 2. The Morgan fingerprint density at radius 1 is 0.574 bits per heavy atom. The van der Waals surface area contributed by atoms with E-state index in [1.807, 2.05) is 109 Å². The number of amides is 2. The molecule has 1 aliphatic rings. The van der Waals surface area contributed by atoms with Crippen molar-refractivity contribution in [2.45, 2.75) is 38.1 Å². The van der Waals surface area contributed by atoms with Crippen LogP contribution in [0, 0.1) is 0 Å². The van der Waals surface area contributed by atoms with Gasteiger partial charge < -0.3 is 35.4 Å². The smallest absolute Gasteiger partial charge is 0.261 e. The van der Waals surface area contributed by atoms with Crippen LogP contribution < -0.4 is 15.2 Å². The highest BCUT2D eigenvalue weighted by atomic mass is 16.5. The minimum Gasteiger partial charge on any atom is -0.487 e. The predicted octanol–water partition coefficient (Wildman–Crippen LogP) is 6.56. The third-order valence-corrected chi connectivity index (χ3v) is 9.57. The lowest BCUT2D eigenvalue weighted by molar-refractivity contribution is 0.0516. The summed E-state index contributed by atoms with van der Waals surface area (Å²) in [6, 6.07) is 37.6. The molecule has 0 radical (unpaired) electrons. The minimum atomic E-state index is -0.657. The number of carbonyl (C=O) groups excluding carboxylic acids is 2. The summed E-state index contributed by atoms with van der Waals surface area (Å²) in [6.07, 6.45) is 4.76. The molecular formula is C44H42N4O6. The molecule has 54 heavy (non-hydrogen) atoms. The molecule has 274 valence electrons. The molecule has 2 aromatic heterocycles. The average Bonchev–Trinajstić information content (AvgIpc) is 3.90. The Bertz CT molecular complexity index is 2320. The van der Waals surface area contributed by atoms with Crippen LogP contribution in [0.3, 0.4) is 0 Å². The number of hydrogen-bond acceptors (Lipinski definition) is 7. The predicted molar refractivity (Wildman–Crippen MR) is 208 cm³/mol. The van der Waals surface area contributed by atoms with Gasteiger partial charge >= 0.3 is 0 Å². The van der Waals surface area contributed by atoms with Gasteiger partial charge in [0.2, 0.25) is 0 Å². The molecule has 0 spiro atoms. The van der Waals surface area contributed by atoms with Crippen molar-refractivity contribution >= 4 is 33.6 Å². The van der Waals surface area contributed by atoms with Crippen LogP contribution >= 0.6 is 0 Å². The molecule has 6 N–H and O–H groups in total. The molecule has 0 unspecified atom stereocenters. The fourth-order valence-corrected chi connectivity index (χ4v) is 6.80. The monoisotopic (exact) mass is 722 g/mol. The molecule has 0 aliphatic carbocycles. The first-order valence-electron chi connectivity index (χ1n) is 17.9. The number of aromatic nitrogens is 2. The average molecular weight is 723 g/mol. The first-order valence-corrected chi connectivity index (χ1v) is 17.9. The fourth-order valence-electron chi connectivity index (χ4n) is 6.80. The van der Waals surface area contributed by atoms with Gasteiger partial charge in [-0.25, -0.2) is 0 Å². The second-order valence-corrected chi connectivity index (χ2v) is 13.2. The van der Waals surface area contributed by atoms with Crippen LogP contribution in [0.25, 0.3) is 21.8 Å². The number of ether oxygens (including phenoxy) is 2. The molecule has 3 heterocycles. The van der Waals surface area contributed by atoms with Gasteiger partial charge in [0.05, 0.1) is 41.4 Å². The van der Waals surface area contributed by atoms with Gasteiger partial charge in [-0.15, -0.1) is 0 Å². The van der Waals surface area contributed by atoms with Crippen molar-refractivity contribution in [1.29, 1.82) is 0 Å². The van der Waals surface area contributed by atoms with Crippen LogP contribution in [0.15, 0.2) is 134 Å². The van der Waals surface area contributed by atoms with Crippen molar-refractivity contribution in [3.8, 4) is 11.5 Å². The van der Waals surface area contributed by atoms with Crippen LogP contribution in [-0.4, -0.2) is 62.2 Å². The zero-order valence-electron chi connectivity index (χ0n) is 29.7. The van der Waals surface area contributed by atoms with Crippen molar-refractivity contribution < 1.29 is 29.3 Å². The van der Waals surface area contributed by atoms with Gasteiger partial charge in [-0.3, -0.25) is 14.5 Å². The Labute approximate surface area is 312 Å². The number of aliphatic hydroxyl groups is 2. The number of carbonyl (C=O) groups is 2. The number of benzene rings is 5. The number of para-hydroxylation sites is 2. The second-order valence-electron chi connectivity index (χ2n) is 13.2. The molecule has 10 heteroatoms. The van der Waals surface area contributed by atoms with E-state index in [1.165, 1.54) is 4.90 Å². The fraction of sp³-hybridized carbons (Fsp3) is 0.182. The molecule has 0 fully saturated rings. The highest BCUT2D eigenvalue weighted by Crippen LogP contribution is 2.32. The van der Waals surface area contributed by atoms with Crippen LogP contribution in [0.5, 0.6) is 11.5 Å². The normalized spacial score (nSPS) is 13.4. The molecule has 5 aromatic carbocycles. The summed E-state index contributed by atoms with van der Waals surface area (Å²) in [6.45, 7) is 0.645. The van der Waals surface area contributed by atoms with Crippen molar-refractivity contribution in [3.63, 3.8) is 0 Å². The summed E-state index contributed by atoms with van der Waals surface area (Å²) in [5, 5.41) is 21.2. The van der Waals surface area contributed by atoms with E-state index in [0.717, 1.165) is 55.6 Å². The minimum absolute atomic E-state index is 0.0170. The van der Waals surface area contributed by atoms with Crippen LogP contribution in [0.2, 0.25) is 0 Å². The number of nitrogens with one attached hydrogen (secondary N) is 2. The number of H-pyrrole nitrogens is 2. The molecular weight excluding hydrogens is 681 g/mol. The van der Waals surface area contributed by atoms with E-state index in [9.17, 15) is 14.7 Å². The molecule has 2 atom stereocenters. The number of hydrogen-bond donors (Lipinski definition) is 5. The zero-order valence-corrected chi connectivity index (χ0v) is 29.7. The molecule has 2 amide bonds. The topological polar surface area (TPSA) is 154 Å². The molecule has 8 rings (SSSR count). The van der Waals surface area contributed by atoms with E-state index >= 15 is 0 Å². The Balaban J connectivity index is 0.000000179. The van der Waals surface area contributed by atoms with Crippen LogP contribution in [0.4, 0.5) is 0 Å². The van der Waals surface area contributed by atoms with Gasteiger partial charge in [0, 0.05) is 29.2 Å². The number of nitrogens with zero attached hydrogens (tertiary/aromatic N) is 1. The largest absolute Gasteiger partial charge is 0.487 e. The Morgan fingerprint density at radius 3 is 1.50 bits per heavy atom. The van der Waals surface area contributed by atoms with Gasteiger partial charge in [-0.2, -0.15) is 0 Å². The highest BCUT2D eigenvalue weighted by molar-refractivity contribution is 6.21. The number of rotatable bonds is 13. The molecule has 10 nitrogen and oxygen atoms in total. The molecule has 0 saturated heterocycles. The number of imide groups is 1. The standard InChI is InChI=1S/C26H22N2O4.C18H20N2O2/c29-15-19(28-25(30)21-9-4-5-10-22(21)26(28)31)13-18-14-27-24-20(18)11-6-12-23(24)32-16-17-7-2-1-3-8-17;19-15(11-21)9-14-10-20-18-16(14)7-4-8-17(18)22-12-13-5-2-1-3-6-13/h1-12,14,19,27,29H,13,15-16H2;1-8,10,15,20-21H,9,11-12,19H2/t19-;15-/m00/s1. The van der Waals surface area contributed by atoms with E-state index in [4.69, 9.17) is 20.3 Å². The van der Waals surface area contributed by atoms with Crippen molar-refractivity contribution in [2.75, 3.05) is 13.2 Å². The second kappa shape index (κ2) is 16.6. The lowest BCUT2D eigenvalue weighted by Gasteiger charge is -2.24. The molecule has 0 bridgehead atoms.